The number of anilines is 1. The molecule has 2 heterocycles. The Labute approximate surface area is 176 Å². The molecule has 1 aliphatic heterocycles. The first-order valence-corrected chi connectivity index (χ1v) is 10.1. The number of para-hydroxylation sites is 1. The fourth-order valence-electron chi connectivity index (χ4n) is 3.76. The predicted molar refractivity (Wildman–Crippen MR) is 119 cm³/mol. The highest BCUT2D eigenvalue weighted by Gasteiger charge is 2.29. The zero-order valence-electron chi connectivity index (χ0n) is 17.4. The molecule has 2 aromatic carbocycles. The normalized spacial score (nSPS) is 16.0. The summed E-state index contributed by atoms with van der Waals surface area (Å²) in [6.45, 7) is 4.00. The van der Waals surface area contributed by atoms with Gasteiger partial charge in [0.15, 0.2) is 11.7 Å². The number of fused-ring (bicyclic) bond motifs is 1. The van der Waals surface area contributed by atoms with E-state index in [0.29, 0.717) is 6.42 Å². The molecule has 1 atom stereocenters. The Balaban J connectivity index is 1.56. The van der Waals surface area contributed by atoms with Crippen molar-refractivity contribution in [2.24, 2.45) is 0 Å². The van der Waals surface area contributed by atoms with E-state index in [9.17, 15) is 4.79 Å². The number of amidine groups is 1. The van der Waals surface area contributed by atoms with Crippen molar-refractivity contribution in [3.8, 4) is 11.3 Å². The van der Waals surface area contributed by atoms with Gasteiger partial charge in [0.25, 0.3) is 0 Å². The number of benzene rings is 2. The zero-order chi connectivity index (χ0) is 21.3. The molecule has 6 heteroatoms. The van der Waals surface area contributed by atoms with E-state index in [1.807, 2.05) is 62.4 Å². The van der Waals surface area contributed by atoms with Gasteiger partial charge in [-0.1, -0.05) is 48.0 Å². The van der Waals surface area contributed by atoms with Crippen LogP contribution in [0.25, 0.3) is 11.3 Å². The number of carbonyl (C=O) groups is 1. The average Bonchev–Trinajstić information content (AvgIpc) is 2.87. The molecule has 4 rings (SSSR count). The van der Waals surface area contributed by atoms with Crippen LogP contribution in [0.1, 0.15) is 28.9 Å². The number of likely N-dealkylation sites (N-methyl/N-ethyl adjacent to an activating group) is 1. The molecule has 152 valence electrons. The van der Waals surface area contributed by atoms with E-state index in [1.54, 1.807) is 18.1 Å². The SMILES string of the molecule is Cc1ccc(-c2nc(C(=N)NC3CCc4ccccc4N(C)C3=O)ncc2C)cc1. The van der Waals surface area contributed by atoms with E-state index in [4.69, 9.17) is 5.41 Å². The zero-order valence-corrected chi connectivity index (χ0v) is 17.4. The fourth-order valence-corrected chi connectivity index (χ4v) is 3.76. The lowest BCUT2D eigenvalue weighted by molar-refractivity contribution is -0.120. The van der Waals surface area contributed by atoms with E-state index >= 15 is 0 Å². The third kappa shape index (κ3) is 3.81. The number of nitrogens with one attached hydrogen (secondary N) is 2. The van der Waals surface area contributed by atoms with Crippen molar-refractivity contribution in [3.05, 3.63) is 77.2 Å². The van der Waals surface area contributed by atoms with E-state index in [0.717, 1.165) is 34.5 Å². The molecule has 0 radical (unpaired) electrons. The maximum atomic E-state index is 13.0. The molecule has 3 aromatic rings. The van der Waals surface area contributed by atoms with Crippen molar-refractivity contribution in [3.63, 3.8) is 0 Å². The molecule has 0 fully saturated rings. The summed E-state index contributed by atoms with van der Waals surface area (Å²) in [4.78, 5) is 23.6. The molecule has 6 nitrogen and oxygen atoms in total. The lowest BCUT2D eigenvalue weighted by atomic mass is 10.1. The number of hydrogen-bond donors (Lipinski definition) is 2. The lowest BCUT2D eigenvalue weighted by Crippen LogP contribution is -2.47. The van der Waals surface area contributed by atoms with Crippen molar-refractivity contribution in [2.45, 2.75) is 32.7 Å². The summed E-state index contributed by atoms with van der Waals surface area (Å²) in [6.07, 6.45) is 3.10. The molecule has 1 amide bonds. The molecule has 0 saturated carbocycles. The van der Waals surface area contributed by atoms with Crippen LogP contribution in [0.2, 0.25) is 0 Å². The number of carbonyl (C=O) groups excluding carboxylic acids is 1. The first kappa shape index (κ1) is 19.8. The second-order valence-corrected chi connectivity index (χ2v) is 7.73. The van der Waals surface area contributed by atoms with Gasteiger partial charge in [-0.25, -0.2) is 9.97 Å². The quantitative estimate of drug-likeness (QED) is 0.520. The standard InChI is InChI=1S/C24H25N5O/c1-15-8-10-18(11-9-15)21-16(2)14-26-23(28-21)22(25)27-19-13-12-17-6-4-5-7-20(17)29(3)24(19)30/h4-11,14,19H,12-13H2,1-3H3,(H2,25,27). The van der Waals surface area contributed by atoms with Crippen molar-refractivity contribution in [1.29, 1.82) is 5.41 Å². The van der Waals surface area contributed by atoms with Gasteiger partial charge in [0, 0.05) is 24.5 Å². The summed E-state index contributed by atoms with van der Waals surface area (Å²) in [5.41, 5.74) is 5.95. The maximum Gasteiger partial charge on any atom is 0.249 e. The molecule has 2 N–H and O–H groups in total. The largest absolute Gasteiger partial charge is 0.356 e. The first-order valence-electron chi connectivity index (χ1n) is 10.1. The highest BCUT2D eigenvalue weighted by molar-refractivity contribution is 6.02. The molecule has 30 heavy (non-hydrogen) atoms. The summed E-state index contributed by atoms with van der Waals surface area (Å²) in [5, 5.41) is 11.6. The third-order valence-electron chi connectivity index (χ3n) is 5.52. The number of rotatable bonds is 3. The topological polar surface area (TPSA) is 82.0 Å². The Bertz CT molecular complexity index is 1110. The maximum absolute atomic E-state index is 13.0. The van der Waals surface area contributed by atoms with Gasteiger partial charge in [0.2, 0.25) is 5.91 Å². The van der Waals surface area contributed by atoms with Crippen LogP contribution in [0, 0.1) is 19.3 Å². The van der Waals surface area contributed by atoms with E-state index in [-0.39, 0.29) is 17.6 Å². The molecular weight excluding hydrogens is 374 g/mol. The van der Waals surface area contributed by atoms with Crippen LogP contribution in [-0.2, 0) is 11.2 Å². The molecule has 0 aliphatic carbocycles. The van der Waals surface area contributed by atoms with E-state index < -0.39 is 6.04 Å². The minimum Gasteiger partial charge on any atom is -0.356 e. The van der Waals surface area contributed by atoms with Crippen LogP contribution >= 0.6 is 0 Å². The van der Waals surface area contributed by atoms with Crippen molar-refractivity contribution in [1.82, 2.24) is 15.3 Å². The summed E-state index contributed by atoms with van der Waals surface area (Å²) in [5.74, 6) is 0.282. The number of aromatic nitrogens is 2. The summed E-state index contributed by atoms with van der Waals surface area (Å²) in [7, 11) is 1.78. The Morgan fingerprint density at radius 3 is 2.63 bits per heavy atom. The second kappa shape index (κ2) is 8.06. The molecule has 1 aliphatic rings. The molecule has 0 bridgehead atoms. The van der Waals surface area contributed by atoms with Crippen LogP contribution in [-0.4, -0.2) is 34.8 Å². The summed E-state index contributed by atoms with van der Waals surface area (Å²) >= 11 is 0. The monoisotopic (exact) mass is 399 g/mol. The van der Waals surface area contributed by atoms with Gasteiger partial charge in [-0.3, -0.25) is 10.2 Å². The third-order valence-corrected chi connectivity index (χ3v) is 5.52. The van der Waals surface area contributed by atoms with Gasteiger partial charge in [-0.15, -0.1) is 0 Å². The van der Waals surface area contributed by atoms with Gasteiger partial charge < -0.3 is 10.2 Å². The summed E-state index contributed by atoms with van der Waals surface area (Å²) < 4.78 is 0. The lowest BCUT2D eigenvalue weighted by Gasteiger charge is -2.22. The minimum atomic E-state index is -0.498. The highest BCUT2D eigenvalue weighted by Crippen LogP contribution is 2.26. The highest BCUT2D eigenvalue weighted by atomic mass is 16.2. The molecule has 1 aromatic heterocycles. The van der Waals surface area contributed by atoms with Gasteiger partial charge >= 0.3 is 0 Å². The number of amides is 1. The molecule has 0 spiro atoms. The number of nitrogens with zero attached hydrogens (tertiary/aromatic N) is 3. The Morgan fingerprint density at radius 2 is 1.87 bits per heavy atom. The Hall–Kier alpha value is -3.54. The van der Waals surface area contributed by atoms with E-state index in [1.165, 1.54) is 5.56 Å². The van der Waals surface area contributed by atoms with Crippen LogP contribution < -0.4 is 10.2 Å². The van der Waals surface area contributed by atoms with Crippen LogP contribution in [0.4, 0.5) is 5.69 Å². The van der Waals surface area contributed by atoms with Crippen LogP contribution in [0.3, 0.4) is 0 Å². The van der Waals surface area contributed by atoms with E-state index in [2.05, 4.69) is 15.3 Å². The minimum absolute atomic E-state index is 0.0565. The Kier molecular flexibility index (Phi) is 5.31. The van der Waals surface area contributed by atoms with Crippen LogP contribution in [0.5, 0.6) is 0 Å². The Morgan fingerprint density at radius 1 is 1.13 bits per heavy atom. The van der Waals surface area contributed by atoms with Crippen molar-refractivity contribution < 1.29 is 4.79 Å². The molecule has 1 unspecified atom stereocenters. The van der Waals surface area contributed by atoms with Gasteiger partial charge in [-0.05, 0) is 43.9 Å². The van der Waals surface area contributed by atoms with Crippen molar-refractivity contribution >= 4 is 17.4 Å². The number of hydrogen-bond acceptors (Lipinski definition) is 4. The smallest absolute Gasteiger partial charge is 0.249 e. The predicted octanol–water partition coefficient (Wildman–Crippen LogP) is 3.65. The molecule has 0 saturated heterocycles. The van der Waals surface area contributed by atoms with Crippen LogP contribution in [0.15, 0.2) is 54.7 Å². The second-order valence-electron chi connectivity index (χ2n) is 7.73. The fraction of sp³-hybridized carbons (Fsp3) is 0.250. The van der Waals surface area contributed by atoms with Gasteiger partial charge in [-0.2, -0.15) is 0 Å². The summed E-state index contributed by atoms with van der Waals surface area (Å²) in [6, 6.07) is 15.5. The first-order chi connectivity index (χ1) is 14.4. The molecular formula is C24H25N5O. The number of aryl methyl sites for hydroxylation is 3. The van der Waals surface area contributed by atoms with Crippen molar-refractivity contribution in [2.75, 3.05) is 11.9 Å². The van der Waals surface area contributed by atoms with Gasteiger partial charge in [0.05, 0.1) is 5.69 Å². The average molecular weight is 399 g/mol. The van der Waals surface area contributed by atoms with Gasteiger partial charge in [0.1, 0.15) is 6.04 Å².